The van der Waals surface area contributed by atoms with Crippen LogP contribution in [0.4, 0.5) is 0 Å². The summed E-state index contributed by atoms with van der Waals surface area (Å²) in [5, 5.41) is 11.6. The van der Waals surface area contributed by atoms with Crippen molar-refractivity contribution in [1.82, 2.24) is 10.2 Å². The van der Waals surface area contributed by atoms with E-state index in [4.69, 9.17) is 5.11 Å². The molecule has 4 nitrogen and oxygen atoms in total. The van der Waals surface area contributed by atoms with Crippen LogP contribution in [0.2, 0.25) is 0 Å². The molecule has 21 heavy (non-hydrogen) atoms. The maximum absolute atomic E-state index is 12.1. The summed E-state index contributed by atoms with van der Waals surface area (Å²) < 4.78 is 0. The van der Waals surface area contributed by atoms with Crippen LogP contribution >= 0.6 is 0 Å². The summed E-state index contributed by atoms with van der Waals surface area (Å²) in [6.45, 7) is 9.46. The SMILES string of the molecule is CCN(CC)CCNC(=O)c1ccc(C#CCO)c(C)c1. The molecule has 0 aliphatic heterocycles. The van der Waals surface area contributed by atoms with E-state index in [0.29, 0.717) is 12.1 Å². The molecular formula is C17H24N2O2. The minimum atomic E-state index is -0.160. The van der Waals surface area contributed by atoms with Gasteiger partial charge >= 0.3 is 0 Å². The molecule has 1 aromatic rings. The fraction of sp³-hybridized carbons (Fsp3) is 0.471. The van der Waals surface area contributed by atoms with Crippen LogP contribution in [0.3, 0.4) is 0 Å². The number of carbonyl (C=O) groups is 1. The van der Waals surface area contributed by atoms with E-state index in [2.05, 4.69) is 35.9 Å². The summed E-state index contributed by atoms with van der Waals surface area (Å²) in [6, 6.07) is 5.41. The zero-order valence-corrected chi connectivity index (χ0v) is 13.1. The molecule has 0 saturated carbocycles. The van der Waals surface area contributed by atoms with Crippen LogP contribution in [0.5, 0.6) is 0 Å². The Hall–Kier alpha value is -1.83. The molecule has 0 aromatic heterocycles. The predicted molar refractivity (Wildman–Crippen MR) is 85.3 cm³/mol. The maximum Gasteiger partial charge on any atom is 0.251 e. The average Bonchev–Trinajstić information content (AvgIpc) is 2.50. The number of amides is 1. The van der Waals surface area contributed by atoms with Gasteiger partial charge in [-0.3, -0.25) is 4.79 Å². The summed E-state index contributed by atoms with van der Waals surface area (Å²) in [7, 11) is 0. The molecule has 1 rings (SSSR count). The molecule has 2 N–H and O–H groups in total. The molecule has 0 heterocycles. The monoisotopic (exact) mass is 288 g/mol. The van der Waals surface area contributed by atoms with Crippen molar-refractivity contribution in [2.45, 2.75) is 20.8 Å². The van der Waals surface area contributed by atoms with Gasteiger partial charge in [0.25, 0.3) is 5.91 Å². The van der Waals surface area contributed by atoms with Crippen LogP contribution in [-0.4, -0.2) is 48.7 Å². The molecule has 0 atom stereocenters. The van der Waals surface area contributed by atoms with Crippen LogP contribution in [0, 0.1) is 18.8 Å². The number of hydrogen-bond acceptors (Lipinski definition) is 3. The number of likely N-dealkylation sites (N-methyl/N-ethyl adjacent to an activating group) is 1. The Labute approximate surface area is 127 Å². The molecule has 114 valence electrons. The lowest BCUT2D eigenvalue weighted by atomic mass is 10.0. The zero-order valence-electron chi connectivity index (χ0n) is 13.1. The van der Waals surface area contributed by atoms with E-state index in [9.17, 15) is 4.79 Å². The van der Waals surface area contributed by atoms with Crippen molar-refractivity contribution < 1.29 is 9.90 Å². The van der Waals surface area contributed by atoms with Gasteiger partial charge in [-0.25, -0.2) is 0 Å². The Kier molecular flexibility index (Phi) is 7.52. The van der Waals surface area contributed by atoms with Gasteiger partial charge in [0.2, 0.25) is 0 Å². The summed E-state index contributed by atoms with van der Waals surface area (Å²) >= 11 is 0. The third kappa shape index (κ3) is 5.58. The molecule has 0 spiro atoms. The first-order valence-corrected chi connectivity index (χ1v) is 7.33. The molecule has 0 radical (unpaired) electrons. The van der Waals surface area contributed by atoms with Gasteiger partial charge in [0.15, 0.2) is 0 Å². The maximum atomic E-state index is 12.1. The fourth-order valence-corrected chi connectivity index (χ4v) is 2.05. The Balaban J connectivity index is 2.61. The number of rotatable bonds is 6. The van der Waals surface area contributed by atoms with E-state index in [-0.39, 0.29) is 12.5 Å². The number of hydrogen-bond donors (Lipinski definition) is 2. The van der Waals surface area contributed by atoms with Crippen LogP contribution in [0.15, 0.2) is 18.2 Å². The number of aryl methyl sites for hydroxylation is 1. The third-order valence-corrected chi connectivity index (χ3v) is 3.40. The van der Waals surface area contributed by atoms with Gasteiger partial charge in [-0.15, -0.1) is 0 Å². The Bertz CT molecular complexity index is 525. The summed E-state index contributed by atoms with van der Waals surface area (Å²) in [6.07, 6.45) is 0. The highest BCUT2D eigenvalue weighted by molar-refractivity contribution is 5.94. The topological polar surface area (TPSA) is 52.6 Å². The standard InChI is InChI=1S/C17H24N2O2/c1-4-19(5-2)11-10-18-17(21)16-9-8-15(7-6-12-20)14(3)13-16/h8-9,13,20H,4-5,10-12H2,1-3H3,(H,18,21). The van der Waals surface area contributed by atoms with Gasteiger partial charge in [-0.1, -0.05) is 25.7 Å². The smallest absolute Gasteiger partial charge is 0.251 e. The van der Waals surface area contributed by atoms with E-state index in [1.165, 1.54) is 0 Å². The highest BCUT2D eigenvalue weighted by Gasteiger charge is 2.07. The second kappa shape index (κ2) is 9.17. The van der Waals surface area contributed by atoms with Gasteiger partial charge in [-0.2, -0.15) is 0 Å². The van der Waals surface area contributed by atoms with Gasteiger partial charge in [-0.05, 0) is 43.8 Å². The van der Waals surface area contributed by atoms with Crippen molar-refractivity contribution in [3.63, 3.8) is 0 Å². The molecule has 1 amide bonds. The summed E-state index contributed by atoms with van der Waals surface area (Å²) in [4.78, 5) is 14.3. The van der Waals surface area contributed by atoms with E-state index >= 15 is 0 Å². The molecule has 4 heteroatoms. The first kappa shape index (κ1) is 17.2. The van der Waals surface area contributed by atoms with Crippen molar-refractivity contribution in [2.24, 2.45) is 0 Å². The molecule has 0 unspecified atom stereocenters. The number of nitrogens with one attached hydrogen (secondary N) is 1. The van der Waals surface area contributed by atoms with Gasteiger partial charge in [0.05, 0.1) is 0 Å². The highest BCUT2D eigenvalue weighted by atomic mass is 16.2. The average molecular weight is 288 g/mol. The Morgan fingerprint density at radius 1 is 1.33 bits per heavy atom. The molecule has 0 aliphatic rings. The number of nitrogens with zero attached hydrogens (tertiary/aromatic N) is 1. The third-order valence-electron chi connectivity index (χ3n) is 3.40. The molecule has 1 aromatic carbocycles. The van der Waals surface area contributed by atoms with Crippen molar-refractivity contribution in [3.8, 4) is 11.8 Å². The molecular weight excluding hydrogens is 264 g/mol. The Morgan fingerprint density at radius 2 is 2.05 bits per heavy atom. The molecule has 0 saturated heterocycles. The lowest BCUT2D eigenvalue weighted by molar-refractivity contribution is 0.0949. The van der Waals surface area contributed by atoms with Gasteiger partial charge in [0.1, 0.15) is 6.61 Å². The highest BCUT2D eigenvalue weighted by Crippen LogP contribution is 2.10. The first-order chi connectivity index (χ1) is 10.1. The second-order valence-corrected chi connectivity index (χ2v) is 4.77. The Morgan fingerprint density at radius 3 is 2.62 bits per heavy atom. The summed E-state index contributed by atoms with van der Waals surface area (Å²) in [5.74, 6) is 5.41. The van der Waals surface area contributed by atoms with Crippen LogP contribution < -0.4 is 5.32 Å². The number of carbonyl (C=O) groups excluding carboxylic acids is 1. The number of benzene rings is 1. The quantitative estimate of drug-likeness (QED) is 0.778. The van der Waals surface area contributed by atoms with Crippen molar-refractivity contribution >= 4 is 5.91 Å². The zero-order chi connectivity index (χ0) is 15.7. The van der Waals surface area contributed by atoms with Gasteiger partial charge in [0, 0.05) is 24.2 Å². The number of aliphatic hydroxyl groups excluding tert-OH is 1. The lowest BCUT2D eigenvalue weighted by Gasteiger charge is -2.18. The normalized spacial score (nSPS) is 10.1. The van der Waals surface area contributed by atoms with Crippen LogP contribution in [0.25, 0.3) is 0 Å². The van der Waals surface area contributed by atoms with E-state index < -0.39 is 0 Å². The van der Waals surface area contributed by atoms with Crippen molar-refractivity contribution in [2.75, 3.05) is 32.8 Å². The van der Waals surface area contributed by atoms with Crippen LogP contribution in [-0.2, 0) is 0 Å². The number of aliphatic hydroxyl groups is 1. The largest absolute Gasteiger partial charge is 0.384 e. The van der Waals surface area contributed by atoms with Crippen molar-refractivity contribution in [1.29, 1.82) is 0 Å². The molecule has 0 bridgehead atoms. The fourth-order valence-electron chi connectivity index (χ4n) is 2.05. The van der Waals surface area contributed by atoms with E-state index in [1.54, 1.807) is 6.07 Å². The van der Waals surface area contributed by atoms with Crippen molar-refractivity contribution in [3.05, 3.63) is 34.9 Å². The van der Waals surface area contributed by atoms with E-state index in [1.807, 2.05) is 19.1 Å². The second-order valence-electron chi connectivity index (χ2n) is 4.77. The lowest BCUT2D eigenvalue weighted by Crippen LogP contribution is -2.34. The molecule has 0 fully saturated rings. The molecule has 0 aliphatic carbocycles. The van der Waals surface area contributed by atoms with Gasteiger partial charge < -0.3 is 15.3 Å². The van der Waals surface area contributed by atoms with Crippen LogP contribution in [0.1, 0.15) is 35.3 Å². The van der Waals surface area contributed by atoms with E-state index in [0.717, 1.165) is 30.8 Å². The minimum absolute atomic E-state index is 0.0630. The minimum Gasteiger partial charge on any atom is -0.384 e. The first-order valence-electron chi connectivity index (χ1n) is 7.33. The summed E-state index contributed by atoms with van der Waals surface area (Å²) in [5.41, 5.74) is 2.41. The predicted octanol–water partition coefficient (Wildman–Crippen LogP) is 1.41.